The van der Waals surface area contributed by atoms with Gasteiger partial charge in [-0.2, -0.15) is 4.31 Å². The van der Waals surface area contributed by atoms with Crippen LogP contribution in [0, 0.1) is 0 Å². The summed E-state index contributed by atoms with van der Waals surface area (Å²) in [5.41, 5.74) is 1.22. The Kier molecular flexibility index (Phi) is 8.53. The quantitative estimate of drug-likeness (QED) is 0.520. The van der Waals surface area contributed by atoms with Crippen LogP contribution in [0.25, 0.3) is 0 Å². The highest BCUT2D eigenvalue weighted by atomic mass is 32.2. The molecule has 1 N–H and O–H groups in total. The third-order valence-corrected chi connectivity index (χ3v) is 7.38. The van der Waals surface area contributed by atoms with Gasteiger partial charge in [-0.1, -0.05) is 26.0 Å². The first-order valence-corrected chi connectivity index (χ1v) is 12.6. The predicted molar refractivity (Wildman–Crippen MR) is 123 cm³/mol. The topological polar surface area (TPSA) is 84.9 Å². The number of sulfonamides is 1. The van der Waals surface area contributed by atoms with Crippen LogP contribution in [0.15, 0.2) is 53.4 Å². The highest BCUT2D eigenvalue weighted by Gasteiger charge is 2.27. The van der Waals surface area contributed by atoms with E-state index >= 15 is 0 Å². The monoisotopic (exact) mass is 460 g/mol. The largest absolute Gasteiger partial charge is 0.492 e. The van der Waals surface area contributed by atoms with Gasteiger partial charge in [-0.15, -0.1) is 0 Å². The molecule has 1 saturated heterocycles. The molecule has 174 valence electrons. The molecule has 7 nitrogen and oxygen atoms in total. The molecule has 0 spiro atoms. The fourth-order valence-corrected chi connectivity index (χ4v) is 5.05. The van der Waals surface area contributed by atoms with Gasteiger partial charge in [0.1, 0.15) is 18.1 Å². The summed E-state index contributed by atoms with van der Waals surface area (Å²) in [6.45, 7) is 5.73. The molecule has 0 aromatic heterocycles. The van der Waals surface area contributed by atoms with Crippen LogP contribution in [0.4, 0.5) is 0 Å². The number of hydrogen-bond acceptors (Lipinski definition) is 5. The van der Waals surface area contributed by atoms with E-state index in [-0.39, 0.29) is 17.4 Å². The van der Waals surface area contributed by atoms with Crippen LogP contribution in [-0.4, -0.2) is 51.0 Å². The summed E-state index contributed by atoms with van der Waals surface area (Å²) < 4.78 is 38.1. The number of ether oxygens (including phenoxy) is 2. The van der Waals surface area contributed by atoms with Crippen molar-refractivity contribution in [3.8, 4) is 11.5 Å². The van der Waals surface area contributed by atoms with Crippen molar-refractivity contribution in [1.82, 2.24) is 9.62 Å². The summed E-state index contributed by atoms with van der Waals surface area (Å²) in [5.74, 6) is 1.03. The number of rotatable bonds is 11. The molecule has 0 bridgehead atoms. The van der Waals surface area contributed by atoms with Crippen molar-refractivity contribution < 1.29 is 22.7 Å². The molecular weight excluding hydrogens is 428 g/mol. The highest BCUT2D eigenvalue weighted by molar-refractivity contribution is 7.89. The molecule has 0 saturated carbocycles. The van der Waals surface area contributed by atoms with Crippen molar-refractivity contribution in [3.05, 3.63) is 54.1 Å². The Hall–Kier alpha value is -2.58. The SMILES string of the molecule is CCc1ccc(OC(CC)C(=O)NCCOc2ccc(S(=O)(=O)N3CCCC3)cc2)cc1. The standard InChI is InChI=1S/C24H32N2O5S/c1-3-19-7-9-21(10-8-19)31-23(4-2)24(27)25-15-18-30-20-11-13-22(14-12-20)32(28,29)26-16-5-6-17-26/h7-14,23H,3-6,15-18H2,1-2H3,(H,25,27). The molecule has 0 aliphatic carbocycles. The van der Waals surface area contributed by atoms with Crippen LogP contribution < -0.4 is 14.8 Å². The van der Waals surface area contributed by atoms with E-state index in [1.54, 1.807) is 24.3 Å². The lowest BCUT2D eigenvalue weighted by Crippen LogP contribution is -2.39. The van der Waals surface area contributed by atoms with Crippen LogP contribution in [-0.2, 0) is 21.2 Å². The summed E-state index contributed by atoms with van der Waals surface area (Å²) in [6.07, 6.45) is 2.74. The first-order chi connectivity index (χ1) is 15.4. The number of carbonyl (C=O) groups excluding carboxylic acids is 1. The first kappa shape index (κ1) is 24.1. The minimum absolute atomic E-state index is 0.192. The smallest absolute Gasteiger partial charge is 0.261 e. The van der Waals surface area contributed by atoms with Gasteiger partial charge >= 0.3 is 0 Å². The molecule has 2 aromatic carbocycles. The lowest BCUT2D eigenvalue weighted by atomic mass is 10.2. The second-order valence-electron chi connectivity index (χ2n) is 7.73. The van der Waals surface area contributed by atoms with Crippen molar-refractivity contribution in [1.29, 1.82) is 0 Å². The molecule has 1 atom stereocenters. The van der Waals surface area contributed by atoms with Crippen LogP contribution in [0.2, 0.25) is 0 Å². The number of amides is 1. The Morgan fingerprint density at radius 3 is 2.22 bits per heavy atom. The number of hydrogen-bond donors (Lipinski definition) is 1. The fraction of sp³-hybridized carbons (Fsp3) is 0.458. The van der Waals surface area contributed by atoms with E-state index in [9.17, 15) is 13.2 Å². The molecule has 32 heavy (non-hydrogen) atoms. The highest BCUT2D eigenvalue weighted by Crippen LogP contribution is 2.23. The van der Waals surface area contributed by atoms with Gasteiger partial charge in [0.25, 0.3) is 5.91 Å². The first-order valence-electron chi connectivity index (χ1n) is 11.2. The Balaban J connectivity index is 1.44. The van der Waals surface area contributed by atoms with Crippen molar-refractivity contribution in [2.75, 3.05) is 26.2 Å². The second-order valence-corrected chi connectivity index (χ2v) is 9.67. The molecule has 1 heterocycles. The van der Waals surface area contributed by atoms with Crippen LogP contribution >= 0.6 is 0 Å². The normalized spacial score (nSPS) is 15.3. The minimum Gasteiger partial charge on any atom is -0.492 e. The summed E-state index contributed by atoms with van der Waals surface area (Å²) >= 11 is 0. The summed E-state index contributed by atoms with van der Waals surface area (Å²) in [7, 11) is -3.43. The maximum Gasteiger partial charge on any atom is 0.261 e. The zero-order valence-electron chi connectivity index (χ0n) is 18.7. The van der Waals surface area contributed by atoms with Crippen molar-refractivity contribution in [3.63, 3.8) is 0 Å². The second kappa shape index (κ2) is 11.3. The van der Waals surface area contributed by atoms with Gasteiger partial charge in [-0.05, 0) is 67.6 Å². The molecule has 1 amide bonds. The third-order valence-electron chi connectivity index (χ3n) is 5.47. The number of nitrogens with zero attached hydrogens (tertiary/aromatic N) is 1. The Morgan fingerprint density at radius 1 is 1.00 bits per heavy atom. The molecule has 8 heteroatoms. The third kappa shape index (κ3) is 6.23. The van der Waals surface area contributed by atoms with E-state index in [0.29, 0.717) is 37.6 Å². The lowest BCUT2D eigenvalue weighted by molar-refractivity contribution is -0.128. The molecule has 1 unspecified atom stereocenters. The van der Waals surface area contributed by atoms with Crippen molar-refractivity contribution in [2.24, 2.45) is 0 Å². The molecular formula is C24H32N2O5S. The maximum atomic E-state index is 12.6. The fourth-order valence-electron chi connectivity index (χ4n) is 3.53. The average molecular weight is 461 g/mol. The Morgan fingerprint density at radius 2 is 1.62 bits per heavy atom. The molecule has 1 aliphatic heterocycles. The van der Waals surface area contributed by atoms with Gasteiger partial charge < -0.3 is 14.8 Å². The van der Waals surface area contributed by atoms with Gasteiger partial charge in [-0.3, -0.25) is 4.79 Å². The Bertz CT molecular complexity index is 968. The summed E-state index contributed by atoms with van der Waals surface area (Å²) in [4.78, 5) is 12.7. The summed E-state index contributed by atoms with van der Waals surface area (Å²) in [5, 5.41) is 2.83. The molecule has 1 aliphatic rings. The number of carbonyl (C=O) groups is 1. The minimum atomic E-state index is -3.43. The van der Waals surface area contributed by atoms with Gasteiger partial charge in [0, 0.05) is 13.1 Å². The van der Waals surface area contributed by atoms with Gasteiger partial charge in [0.15, 0.2) is 6.10 Å². The van der Waals surface area contributed by atoms with Gasteiger partial charge in [0.05, 0.1) is 11.4 Å². The van der Waals surface area contributed by atoms with Crippen LogP contribution in [0.5, 0.6) is 11.5 Å². The van der Waals surface area contributed by atoms with E-state index < -0.39 is 16.1 Å². The molecule has 3 rings (SSSR count). The molecule has 2 aromatic rings. The average Bonchev–Trinajstić information content (AvgIpc) is 3.37. The van der Waals surface area contributed by atoms with E-state index in [1.165, 1.54) is 9.87 Å². The predicted octanol–water partition coefficient (Wildman–Crippen LogP) is 3.39. The number of benzene rings is 2. The molecule has 1 fully saturated rings. The number of aryl methyl sites for hydroxylation is 1. The van der Waals surface area contributed by atoms with Gasteiger partial charge in [-0.25, -0.2) is 8.42 Å². The maximum absolute atomic E-state index is 12.6. The lowest BCUT2D eigenvalue weighted by Gasteiger charge is -2.18. The van der Waals surface area contributed by atoms with E-state index in [2.05, 4.69) is 12.2 Å². The van der Waals surface area contributed by atoms with Crippen LogP contribution in [0.3, 0.4) is 0 Å². The van der Waals surface area contributed by atoms with E-state index in [0.717, 1.165) is 19.3 Å². The van der Waals surface area contributed by atoms with E-state index in [1.807, 2.05) is 31.2 Å². The number of nitrogens with one attached hydrogen (secondary N) is 1. The summed E-state index contributed by atoms with van der Waals surface area (Å²) in [6, 6.07) is 14.2. The van der Waals surface area contributed by atoms with Gasteiger partial charge in [0.2, 0.25) is 10.0 Å². The van der Waals surface area contributed by atoms with E-state index in [4.69, 9.17) is 9.47 Å². The zero-order valence-corrected chi connectivity index (χ0v) is 19.6. The van der Waals surface area contributed by atoms with Crippen LogP contribution in [0.1, 0.15) is 38.7 Å². The molecule has 0 radical (unpaired) electrons. The van der Waals surface area contributed by atoms with Crippen molar-refractivity contribution >= 4 is 15.9 Å². The Labute approximate surface area is 190 Å². The zero-order chi connectivity index (χ0) is 23.0. The van der Waals surface area contributed by atoms with Crippen molar-refractivity contribution in [2.45, 2.75) is 50.5 Å².